The van der Waals surface area contributed by atoms with Crippen molar-refractivity contribution in [3.63, 3.8) is 0 Å². The summed E-state index contributed by atoms with van der Waals surface area (Å²) in [6.45, 7) is -0.0422. The molecular weight excluding hydrogens is 238 g/mol. The zero-order valence-electron chi connectivity index (χ0n) is 9.57. The fourth-order valence-electron chi connectivity index (χ4n) is 1.16. The predicted molar refractivity (Wildman–Crippen MR) is 65.2 cm³/mol. The fourth-order valence-corrected chi connectivity index (χ4v) is 1.16. The largest absolute Gasteiger partial charge is 0.396 e. The highest BCUT2D eigenvalue weighted by molar-refractivity contribution is 5.82. The van der Waals surface area contributed by atoms with Gasteiger partial charge in [-0.25, -0.2) is 5.43 Å². The van der Waals surface area contributed by atoms with Crippen LogP contribution in [0.15, 0.2) is 29.4 Å². The molecule has 0 aliphatic carbocycles. The van der Waals surface area contributed by atoms with Gasteiger partial charge in [-0.15, -0.1) is 0 Å². The first-order chi connectivity index (χ1) is 8.63. The first-order valence-electron chi connectivity index (χ1n) is 5.30. The van der Waals surface area contributed by atoms with Gasteiger partial charge < -0.3 is 5.11 Å². The summed E-state index contributed by atoms with van der Waals surface area (Å²) in [6, 6.07) is 5.77. The Labute approximate surface area is 103 Å². The SMILES string of the molecule is O=C(CCCO)N/N=C\c1ccc([N+](=O)[O-])cc1. The van der Waals surface area contributed by atoms with Crippen LogP contribution in [0, 0.1) is 10.1 Å². The molecule has 2 N–H and O–H groups in total. The van der Waals surface area contributed by atoms with Crippen LogP contribution in [-0.2, 0) is 4.79 Å². The topological polar surface area (TPSA) is 105 Å². The molecule has 0 radical (unpaired) electrons. The molecule has 1 aromatic carbocycles. The van der Waals surface area contributed by atoms with Crippen LogP contribution in [0.4, 0.5) is 5.69 Å². The maximum atomic E-state index is 11.1. The number of aliphatic hydroxyl groups excluding tert-OH is 1. The maximum Gasteiger partial charge on any atom is 0.269 e. The highest BCUT2D eigenvalue weighted by atomic mass is 16.6. The van der Waals surface area contributed by atoms with Gasteiger partial charge in [0, 0.05) is 25.2 Å². The smallest absolute Gasteiger partial charge is 0.269 e. The maximum absolute atomic E-state index is 11.1. The fraction of sp³-hybridized carbons (Fsp3) is 0.273. The third-order valence-corrected chi connectivity index (χ3v) is 2.07. The zero-order chi connectivity index (χ0) is 13.4. The van der Waals surface area contributed by atoms with Crippen LogP contribution < -0.4 is 5.43 Å². The quantitative estimate of drug-likeness (QED) is 0.443. The van der Waals surface area contributed by atoms with Crippen LogP contribution in [0.1, 0.15) is 18.4 Å². The van der Waals surface area contributed by atoms with Crippen molar-refractivity contribution in [2.75, 3.05) is 6.61 Å². The Kier molecular flexibility index (Phi) is 5.46. The average molecular weight is 251 g/mol. The van der Waals surface area contributed by atoms with Crippen molar-refractivity contribution < 1.29 is 14.8 Å². The lowest BCUT2D eigenvalue weighted by Gasteiger charge is -1.97. The molecule has 1 rings (SSSR count). The van der Waals surface area contributed by atoms with E-state index in [4.69, 9.17) is 5.11 Å². The summed E-state index contributed by atoms with van der Waals surface area (Å²) in [5, 5.41) is 22.6. The summed E-state index contributed by atoms with van der Waals surface area (Å²) in [5.41, 5.74) is 2.93. The molecule has 0 fully saturated rings. The molecule has 0 saturated heterocycles. The number of aliphatic hydroxyl groups is 1. The lowest BCUT2D eigenvalue weighted by Crippen LogP contribution is -2.17. The monoisotopic (exact) mass is 251 g/mol. The number of carbonyl (C=O) groups excluding carboxylic acids is 1. The minimum Gasteiger partial charge on any atom is -0.396 e. The number of amides is 1. The molecule has 96 valence electrons. The molecule has 18 heavy (non-hydrogen) atoms. The third kappa shape index (κ3) is 4.71. The van der Waals surface area contributed by atoms with Gasteiger partial charge in [-0.1, -0.05) is 0 Å². The van der Waals surface area contributed by atoms with E-state index in [1.165, 1.54) is 30.5 Å². The first kappa shape index (κ1) is 13.8. The van der Waals surface area contributed by atoms with E-state index in [9.17, 15) is 14.9 Å². The second-order valence-corrected chi connectivity index (χ2v) is 3.47. The number of carbonyl (C=O) groups is 1. The molecule has 7 nitrogen and oxygen atoms in total. The predicted octanol–water partition coefficient (Wildman–Crippen LogP) is 0.817. The molecule has 0 saturated carbocycles. The molecule has 0 heterocycles. The number of hydrazone groups is 1. The molecule has 1 aromatic rings. The number of benzene rings is 1. The normalized spacial score (nSPS) is 10.5. The molecule has 0 spiro atoms. The minimum atomic E-state index is -0.489. The summed E-state index contributed by atoms with van der Waals surface area (Å²) < 4.78 is 0. The average Bonchev–Trinajstić information content (AvgIpc) is 2.37. The van der Waals surface area contributed by atoms with Crippen molar-refractivity contribution in [3.8, 4) is 0 Å². The van der Waals surface area contributed by atoms with Gasteiger partial charge in [-0.05, 0) is 24.1 Å². The van der Waals surface area contributed by atoms with Crippen molar-refractivity contribution in [2.24, 2.45) is 5.10 Å². The summed E-state index contributed by atoms with van der Waals surface area (Å²) >= 11 is 0. The summed E-state index contributed by atoms with van der Waals surface area (Å²) in [5.74, 6) is -0.290. The van der Waals surface area contributed by atoms with Crippen molar-refractivity contribution in [3.05, 3.63) is 39.9 Å². The van der Waals surface area contributed by atoms with Crippen LogP contribution in [0.2, 0.25) is 0 Å². The molecule has 0 atom stereocenters. The molecule has 0 aromatic heterocycles. The number of nitro groups is 1. The lowest BCUT2D eigenvalue weighted by atomic mass is 10.2. The second kappa shape index (κ2) is 7.13. The van der Waals surface area contributed by atoms with Gasteiger partial charge in [0.25, 0.3) is 5.69 Å². The summed E-state index contributed by atoms with van der Waals surface area (Å²) in [7, 11) is 0. The Morgan fingerprint density at radius 2 is 2.11 bits per heavy atom. The van der Waals surface area contributed by atoms with Crippen LogP contribution >= 0.6 is 0 Å². The van der Waals surface area contributed by atoms with Gasteiger partial charge in [0.15, 0.2) is 0 Å². The van der Waals surface area contributed by atoms with Crippen molar-refractivity contribution in [2.45, 2.75) is 12.8 Å². The number of hydrogen-bond donors (Lipinski definition) is 2. The van der Waals surface area contributed by atoms with Gasteiger partial charge in [-0.2, -0.15) is 5.10 Å². The van der Waals surface area contributed by atoms with Gasteiger partial charge in [-0.3, -0.25) is 14.9 Å². The highest BCUT2D eigenvalue weighted by Crippen LogP contribution is 2.10. The van der Waals surface area contributed by atoms with Crippen molar-refractivity contribution >= 4 is 17.8 Å². The van der Waals surface area contributed by atoms with E-state index in [-0.39, 0.29) is 24.6 Å². The van der Waals surface area contributed by atoms with Gasteiger partial charge in [0.1, 0.15) is 0 Å². The van der Waals surface area contributed by atoms with E-state index in [0.717, 1.165) is 0 Å². The molecule has 0 unspecified atom stereocenters. The van der Waals surface area contributed by atoms with Crippen molar-refractivity contribution in [1.29, 1.82) is 0 Å². The van der Waals surface area contributed by atoms with Gasteiger partial charge >= 0.3 is 0 Å². The number of hydrogen-bond acceptors (Lipinski definition) is 5. The van der Waals surface area contributed by atoms with E-state index in [2.05, 4.69) is 10.5 Å². The van der Waals surface area contributed by atoms with E-state index in [0.29, 0.717) is 12.0 Å². The third-order valence-electron chi connectivity index (χ3n) is 2.07. The number of non-ortho nitro benzene ring substituents is 1. The molecular formula is C11H13N3O4. The lowest BCUT2D eigenvalue weighted by molar-refractivity contribution is -0.384. The minimum absolute atomic E-state index is 0.000804. The number of nitro benzene ring substituents is 1. The molecule has 0 bridgehead atoms. The zero-order valence-corrected chi connectivity index (χ0v) is 9.57. The van der Waals surface area contributed by atoms with Crippen molar-refractivity contribution in [1.82, 2.24) is 5.43 Å². The van der Waals surface area contributed by atoms with E-state index < -0.39 is 4.92 Å². The highest BCUT2D eigenvalue weighted by Gasteiger charge is 2.02. The Hall–Kier alpha value is -2.28. The van der Waals surface area contributed by atoms with Crippen LogP contribution in [0.3, 0.4) is 0 Å². The van der Waals surface area contributed by atoms with Gasteiger partial charge in [0.05, 0.1) is 11.1 Å². The summed E-state index contributed by atoms with van der Waals surface area (Å²) in [4.78, 5) is 21.0. The molecule has 0 aliphatic rings. The molecule has 1 amide bonds. The molecule has 7 heteroatoms. The second-order valence-electron chi connectivity index (χ2n) is 3.47. The van der Waals surface area contributed by atoms with E-state index >= 15 is 0 Å². The summed E-state index contributed by atoms with van der Waals surface area (Å²) in [6.07, 6.45) is 1.98. The Bertz CT molecular complexity index is 442. The van der Waals surface area contributed by atoms with Crippen LogP contribution in [0.25, 0.3) is 0 Å². The first-order valence-corrected chi connectivity index (χ1v) is 5.30. The van der Waals surface area contributed by atoms with Crippen LogP contribution in [0.5, 0.6) is 0 Å². The Morgan fingerprint density at radius 3 is 2.67 bits per heavy atom. The van der Waals surface area contributed by atoms with E-state index in [1.54, 1.807) is 0 Å². The van der Waals surface area contributed by atoms with Gasteiger partial charge in [0.2, 0.25) is 5.91 Å². The van der Waals surface area contributed by atoms with Crippen LogP contribution in [-0.4, -0.2) is 28.8 Å². The standard InChI is InChI=1S/C11H13N3O4/c15-7-1-2-11(16)13-12-8-9-3-5-10(6-4-9)14(17)18/h3-6,8,15H,1-2,7H2,(H,13,16)/b12-8-. The van der Waals surface area contributed by atoms with E-state index in [1.807, 2.05) is 0 Å². The Balaban J connectivity index is 2.47. The molecule has 0 aliphatic heterocycles. The number of nitrogens with zero attached hydrogens (tertiary/aromatic N) is 2. The number of nitrogens with one attached hydrogen (secondary N) is 1. The number of rotatable bonds is 6. The Morgan fingerprint density at radius 1 is 1.44 bits per heavy atom.